The summed E-state index contributed by atoms with van der Waals surface area (Å²) in [5.41, 5.74) is 0.583. The van der Waals surface area contributed by atoms with Crippen molar-refractivity contribution in [3.63, 3.8) is 0 Å². The van der Waals surface area contributed by atoms with Crippen LogP contribution in [-0.2, 0) is 0 Å². The van der Waals surface area contributed by atoms with Gasteiger partial charge in [0.25, 0.3) is 5.19 Å². The van der Waals surface area contributed by atoms with Crippen LogP contribution in [0.1, 0.15) is 38.5 Å². The third-order valence-electron chi connectivity index (χ3n) is 9.78. The predicted molar refractivity (Wildman–Crippen MR) is 163 cm³/mol. The highest BCUT2D eigenvalue weighted by molar-refractivity contribution is 7.19. The summed E-state index contributed by atoms with van der Waals surface area (Å²) in [6, 6.07) is 8.30. The number of carboxylic acid groups (broad SMARTS) is 1. The van der Waals surface area contributed by atoms with Gasteiger partial charge in [0.2, 0.25) is 0 Å². The van der Waals surface area contributed by atoms with Crippen molar-refractivity contribution in [3.05, 3.63) is 36.1 Å². The maximum Gasteiger partial charge on any atom is 0.407 e. The molecule has 11 nitrogen and oxygen atoms in total. The largest absolute Gasteiger partial charge is 0.497 e. The minimum absolute atomic E-state index is 0.0319. The summed E-state index contributed by atoms with van der Waals surface area (Å²) in [6.07, 6.45) is 5.28. The highest BCUT2D eigenvalue weighted by Gasteiger charge is 2.46. The molecule has 0 saturated carbocycles. The summed E-state index contributed by atoms with van der Waals surface area (Å²) < 4.78 is 33.1. The molecule has 2 aromatic carbocycles. The Balaban J connectivity index is 1.17. The van der Waals surface area contributed by atoms with E-state index in [1.807, 2.05) is 0 Å². The van der Waals surface area contributed by atoms with Crippen LogP contribution in [-0.4, -0.2) is 93.5 Å². The molecule has 1 N–H and O–H groups in total. The van der Waals surface area contributed by atoms with Crippen LogP contribution >= 0.6 is 11.3 Å². The molecule has 44 heavy (non-hydrogen) atoms. The molecule has 0 spiro atoms. The van der Waals surface area contributed by atoms with Crippen molar-refractivity contribution in [2.45, 2.75) is 56.1 Å². The van der Waals surface area contributed by atoms with Crippen LogP contribution in [0, 0.1) is 5.82 Å². The Morgan fingerprint density at radius 3 is 2.61 bits per heavy atom. The van der Waals surface area contributed by atoms with Gasteiger partial charge in [0.1, 0.15) is 29.4 Å². The molecule has 2 atom stereocenters. The normalized spacial score (nSPS) is 22.6. The van der Waals surface area contributed by atoms with Crippen molar-refractivity contribution in [3.8, 4) is 22.7 Å². The maximum absolute atomic E-state index is 15.0. The van der Waals surface area contributed by atoms with Crippen LogP contribution in [0.15, 0.2) is 30.3 Å². The second kappa shape index (κ2) is 10.6. The summed E-state index contributed by atoms with van der Waals surface area (Å²) in [6.45, 7) is 3.73. The van der Waals surface area contributed by atoms with Gasteiger partial charge < -0.3 is 24.2 Å². The smallest absolute Gasteiger partial charge is 0.407 e. The lowest BCUT2D eigenvalue weighted by atomic mass is 9.95. The Labute approximate surface area is 257 Å². The Kier molecular flexibility index (Phi) is 6.63. The lowest BCUT2D eigenvalue weighted by Gasteiger charge is -2.40. The van der Waals surface area contributed by atoms with Crippen molar-refractivity contribution in [2.24, 2.45) is 0 Å². The number of anilines is 1. The van der Waals surface area contributed by atoms with Crippen LogP contribution in [0.5, 0.6) is 22.7 Å². The fourth-order valence-corrected chi connectivity index (χ4v) is 8.55. The second-order valence-electron chi connectivity index (χ2n) is 12.2. The first-order chi connectivity index (χ1) is 21.4. The van der Waals surface area contributed by atoms with Gasteiger partial charge in [0.15, 0.2) is 10.6 Å². The summed E-state index contributed by atoms with van der Waals surface area (Å²) in [4.78, 5) is 33.2. The first-order valence-corrected chi connectivity index (χ1v) is 16.0. The van der Waals surface area contributed by atoms with Crippen LogP contribution < -0.4 is 19.1 Å². The molecule has 2 aromatic heterocycles. The highest BCUT2D eigenvalue weighted by atomic mass is 32.1. The fourth-order valence-electron chi connectivity index (χ4n) is 7.76. The number of hydrogen-bond donors (Lipinski definition) is 1. The van der Waals surface area contributed by atoms with E-state index in [1.165, 1.54) is 30.2 Å². The second-order valence-corrected chi connectivity index (χ2v) is 13.2. The Bertz CT molecular complexity index is 1740. The van der Waals surface area contributed by atoms with Gasteiger partial charge in [0.05, 0.1) is 30.1 Å². The molecule has 230 valence electrons. The number of carbonyl (C=O) groups is 1. The Morgan fingerprint density at radius 1 is 1.11 bits per heavy atom. The number of amides is 1. The van der Waals surface area contributed by atoms with Gasteiger partial charge in [-0.15, -0.1) is 0 Å². The molecular formula is C31H33FN6O5S. The first kappa shape index (κ1) is 27.6. The van der Waals surface area contributed by atoms with E-state index in [-0.39, 0.29) is 34.6 Å². The van der Waals surface area contributed by atoms with Gasteiger partial charge in [0, 0.05) is 19.2 Å². The molecule has 4 fully saturated rings. The van der Waals surface area contributed by atoms with Gasteiger partial charge >= 0.3 is 12.1 Å². The summed E-state index contributed by atoms with van der Waals surface area (Å²) in [5, 5.41) is 11.1. The maximum atomic E-state index is 15.0. The molecule has 0 radical (unpaired) electrons. The van der Waals surface area contributed by atoms with Gasteiger partial charge in [-0.25, -0.2) is 9.18 Å². The standard InChI is InChI=1S/C31H33FN6O5S/c1-41-21-13-18-5-2-6-22(32)24(18)23(14-21)43-29-33-25-26(36-15-19-7-8-20(16-36)38(19)30(39)40)34-28(35-27(25)44-29)42-17-31-9-3-11-37(31)12-4-10-31/h2,5-6,13-14,19-20H,3-4,7-12,15-17H2,1H3,(H,39,40)/t19-,20+. The number of thiazole rings is 1. The van der Waals surface area contributed by atoms with E-state index in [0.717, 1.165) is 38.8 Å². The molecule has 4 aliphatic heterocycles. The molecule has 8 rings (SSSR count). The number of piperazine rings is 1. The van der Waals surface area contributed by atoms with Crippen molar-refractivity contribution in [1.29, 1.82) is 0 Å². The van der Waals surface area contributed by atoms with E-state index in [9.17, 15) is 14.3 Å². The molecule has 0 unspecified atom stereocenters. The van der Waals surface area contributed by atoms with E-state index >= 15 is 0 Å². The Hall–Kier alpha value is -3.97. The zero-order chi connectivity index (χ0) is 30.0. The SMILES string of the molecule is COc1cc(Oc2nc3c(N4C[C@H]5CC[C@@H](C4)N5C(=O)O)nc(OCC45CCCN4CCC5)nc3s2)c2c(F)cccc2c1. The first-order valence-electron chi connectivity index (χ1n) is 15.2. The molecule has 6 heterocycles. The van der Waals surface area contributed by atoms with Crippen molar-refractivity contribution >= 4 is 44.4 Å². The Morgan fingerprint density at radius 2 is 1.89 bits per heavy atom. The topological polar surface area (TPSA) is 113 Å². The number of aromatic nitrogens is 3. The van der Waals surface area contributed by atoms with Gasteiger partial charge in [-0.2, -0.15) is 15.0 Å². The van der Waals surface area contributed by atoms with E-state index in [2.05, 4.69) is 9.80 Å². The summed E-state index contributed by atoms with van der Waals surface area (Å²) in [5.74, 6) is 1.02. The quantitative estimate of drug-likeness (QED) is 0.283. The predicted octanol–water partition coefficient (Wildman–Crippen LogP) is 5.52. The van der Waals surface area contributed by atoms with Crippen LogP contribution in [0.25, 0.3) is 21.1 Å². The minimum atomic E-state index is -0.881. The third kappa shape index (κ3) is 4.55. The van der Waals surface area contributed by atoms with E-state index in [0.29, 0.717) is 52.4 Å². The molecule has 13 heteroatoms. The number of hydrogen-bond acceptors (Lipinski definition) is 10. The van der Waals surface area contributed by atoms with E-state index in [1.54, 1.807) is 36.3 Å². The highest BCUT2D eigenvalue weighted by Crippen LogP contribution is 2.43. The average Bonchev–Trinajstić information content (AvgIpc) is 3.76. The van der Waals surface area contributed by atoms with Crippen LogP contribution in [0.2, 0.25) is 0 Å². The zero-order valence-electron chi connectivity index (χ0n) is 24.4. The van der Waals surface area contributed by atoms with Gasteiger partial charge in [-0.1, -0.05) is 23.5 Å². The summed E-state index contributed by atoms with van der Waals surface area (Å²) in [7, 11) is 1.55. The molecule has 2 bridgehead atoms. The van der Waals surface area contributed by atoms with E-state index in [4.69, 9.17) is 29.2 Å². The number of nitrogens with zero attached hydrogens (tertiary/aromatic N) is 6. The third-order valence-corrected chi connectivity index (χ3v) is 10.6. The van der Waals surface area contributed by atoms with Gasteiger partial charge in [-0.3, -0.25) is 9.80 Å². The van der Waals surface area contributed by atoms with E-state index < -0.39 is 11.9 Å². The lowest BCUT2D eigenvalue weighted by molar-refractivity contribution is 0.107. The molecule has 1 amide bonds. The van der Waals surface area contributed by atoms with Crippen molar-refractivity contribution < 1.29 is 28.5 Å². The number of halogens is 1. The molecule has 4 aromatic rings. The lowest BCUT2D eigenvalue weighted by Crippen LogP contribution is -2.55. The number of fused-ring (bicyclic) bond motifs is 5. The van der Waals surface area contributed by atoms with Crippen LogP contribution in [0.4, 0.5) is 15.0 Å². The zero-order valence-corrected chi connectivity index (χ0v) is 25.2. The van der Waals surface area contributed by atoms with Gasteiger partial charge in [-0.05, 0) is 69.1 Å². The summed E-state index contributed by atoms with van der Waals surface area (Å²) >= 11 is 1.24. The molecule has 4 saturated heterocycles. The van der Waals surface area contributed by atoms with Crippen molar-refractivity contribution in [2.75, 3.05) is 44.8 Å². The fraction of sp³-hybridized carbons (Fsp3) is 0.484. The number of rotatable bonds is 7. The minimum Gasteiger partial charge on any atom is -0.497 e. The molecule has 4 aliphatic rings. The number of ether oxygens (including phenoxy) is 3. The molecule has 0 aliphatic carbocycles. The molecular weight excluding hydrogens is 587 g/mol. The average molecular weight is 621 g/mol. The number of methoxy groups -OCH3 is 1. The van der Waals surface area contributed by atoms with Crippen LogP contribution in [0.3, 0.4) is 0 Å². The van der Waals surface area contributed by atoms with Crippen molar-refractivity contribution in [1.82, 2.24) is 24.8 Å². The number of benzene rings is 2. The monoisotopic (exact) mass is 620 g/mol.